The first-order valence-corrected chi connectivity index (χ1v) is 11.9. The van der Waals surface area contributed by atoms with E-state index < -0.39 is 39.9 Å². The largest absolute Gasteiger partial charge is 0.461 e. The summed E-state index contributed by atoms with van der Waals surface area (Å²) in [5, 5.41) is 4.54. The summed E-state index contributed by atoms with van der Waals surface area (Å²) in [7, 11) is -3.81. The van der Waals surface area contributed by atoms with Crippen LogP contribution in [0.4, 0.5) is 4.79 Å². The van der Waals surface area contributed by atoms with E-state index in [0.717, 1.165) is 17.6 Å². The Morgan fingerprint density at radius 1 is 1.28 bits per heavy atom. The van der Waals surface area contributed by atoms with Crippen LogP contribution in [-0.2, 0) is 23.8 Å². The monoisotopic (exact) mass is 450 g/mol. The summed E-state index contributed by atoms with van der Waals surface area (Å²) in [4.78, 5) is 28.2. The SMILES string of the molecule is CCOC(=O)c1csc([C@H](C[C@@H](NC(=O)OC(C)(C)C)C(C)C)OS(C)(=O)=O)n1. The highest BCUT2D eigenvalue weighted by Gasteiger charge is 2.30. The van der Waals surface area contributed by atoms with Gasteiger partial charge in [0.2, 0.25) is 0 Å². The van der Waals surface area contributed by atoms with E-state index in [4.69, 9.17) is 13.7 Å². The maximum absolute atomic E-state index is 12.2. The van der Waals surface area contributed by atoms with Gasteiger partial charge in [-0.15, -0.1) is 11.3 Å². The molecule has 0 bridgehead atoms. The van der Waals surface area contributed by atoms with Crippen molar-refractivity contribution >= 4 is 33.5 Å². The predicted octanol–water partition coefficient (Wildman–Crippen LogP) is 3.28. The van der Waals surface area contributed by atoms with Gasteiger partial charge in [-0.1, -0.05) is 13.8 Å². The van der Waals surface area contributed by atoms with Crippen LogP contribution in [0.1, 0.15) is 69.6 Å². The highest BCUT2D eigenvalue weighted by Crippen LogP contribution is 2.30. The first-order valence-electron chi connectivity index (χ1n) is 9.22. The van der Waals surface area contributed by atoms with Gasteiger partial charge in [0.25, 0.3) is 10.1 Å². The first kappa shape index (κ1) is 25.3. The van der Waals surface area contributed by atoms with Crippen LogP contribution >= 0.6 is 11.3 Å². The molecule has 0 fully saturated rings. The fraction of sp³-hybridized carbons (Fsp3) is 0.722. The summed E-state index contributed by atoms with van der Waals surface area (Å²) >= 11 is 1.09. The molecule has 1 amide bonds. The zero-order chi connectivity index (χ0) is 22.4. The number of hydrogen-bond acceptors (Lipinski definition) is 9. The lowest BCUT2D eigenvalue weighted by Gasteiger charge is -2.27. The van der Waals surface area contributed by atoms with E-state index in [-0.39, 0.29) is 24.6 Å². The topological polar surface area (TPSA) is 121 Å². The molecule has 166 valence electrons. The van der Waals surface area contributed by atoms with Crippen LogP contribution in [0.2, 0.25) is 0 Å². The Bertz CT molecular complexity index is 797. The number of esters is 1. The van der Waals surface area contributed by atoms with Gasteiger partial charge in [-0.25, -0.2) is 14.6 Å². The van der Waals surface area contributed by atoms with Crippen molar-refractivity contribution in [3.8, 4) is 0 Å². The number of ether oxygens (including phenoxy) is 2. The van der Waals surface area contributed by atoms with Crippen LogP contribution in [0.3, 0.4) is 0 Å². The number of hydrogen-bond donors (Lipinski definition) is 1. The molecule has 0 saturated heterocycles. The van der Waals surface area contributed by atoms with Crippen LogP contribution in [0.15, 0.2) is 5.38 Å². The number of nitrogens with one attached hydrogen (secondary N) is 1. The van der Waals surface area contributed by atoms with Crippen LogP contribution < -0.4 is 5.32 Å². The van der Waals surface area contributed by atoms with E-state index >= 15 is 0 Å². The molecule has 0 radical (unpaired) electrons. The minimum absolute atomic E-state index is 0.0438. The minimum atomic E-state index is -3.81. The maximum Gasteiger partial charge on any atom is 0.407 e. The van der Waals surface area contributed by atoms with Crippen molar-refractivity contribution in [2.24, 2.45) is 5.92 Å². The molecule has 29 heavy (non-hydrogen) atoms. The van der Waals surface area contributed by atoms with Crippen molar-refractivity contribution in [1.82, 2.24) is 10.3 Å². The molecule has 1 aromatic rings. The smallest absolute Gasteiger partial charge is 0.407 e. The van der Waals surface area contributed by atoms with Gasteiger partial charge in [0, 0.05) is 17.8 Å². The van der Waals surface area contributed by atoms with E-state index in [9.17, 15) is 18.0 Å². The number of carbonyl (C=O) groups is 2. The van der Waals surface area contributed by atoms with Gasteiger partial charge < -0.3 is 14.8 Å². The number of carbonyl (C=O) groups excluding carboxylic acids is 2. The number of thiazole rings is 1. The van der Waals surface area contributed by atoms with Crippen molar-refractivity contribution in [2.45, 2.75) is 65.7 Å². The van der Waals surface area contributed by atoms with E-state index in [0.29, 0.717) is 5.01 Å². The van der Waals surface area contributed by atoms with Crippen molar-refractivity contribution in [2.75, 3.05) is 12.9 Å². The molecule has 0 aromatic carbocycles. The molecule has 0 spiro atoms. The zero-order valence-electron chi connectivity index (χ0n) is 17.8. The van der Waals surface area contributed by atoms with Crippen molar-refractivity contribution < 1.29 is 31.7 Å². The molecule has 2 atom stereocenters. The lowest BCUT2D eigenvalue weighted by atomic mass is 9.98. The normalized spacial score (nSPS) is 14.3. The molecule has 1 N–H and O–H groups in total. The highest BCUT2D eigenvalue weighted by atomic mass is 32.2. The second-order valence-electron chi connectivity index (χ2n) is 7.81. The Hall–Kier alpha value is -1.72. The van der Waals surface area contributed by atoms with Crippen molar-refractivity contribution in [3.63, 3.8) is 0 Å². The number of aromatic nitrogens is 1. The lowest BCUT2D eigenvalue weighted by molar-refractivity contribution is 0.0469. The zero-order valence-corrected chi connectivity index (χ0v) is 19.5. The molecule has 1 aromatic heterocycles. The van der Waals surface area contributed by atoms with E-state index in [2.05, 4.69) is 10.3 Å². The van der Waals surface area contributed by atoms with Crippen LogP contribution in [0, 0.1) is 5.92 Å². The third kappa shape index (κ3) is 9.55. The summed E-state index contributed by atoms with van der Waals surface area (Å²) < 4.78 is 39.0. The molecule has 1 heterocycles. The van der Waals surface area contributed by atoms with Crippen LogP contribution in [0.5, 0.6) is 0 Å². The minimum Gasteiger partial charge on any atom is -0.461 e. The third-order valence-corrected chi connectivity index (χ3v) is 5.07. The predicted molar refractivity (Wildman–Crippen MR) is 109 cm³/mol. The fourth-order valence-corrected chi connectivity index (χ4v) is 3.79. The second kappa shape index (κ2) is 10.4. The van der Waals surface area contributed by atoms with E-state index in [1.165, 1.54) is 5.38 Å². The molecule has 0 aliphatic carbocycles. The van der Waals surface area contributed by atoms with Crippen LogP contribution in [-0.4, -0.2) is 50.0 Å². The van der Waals surface area contributed by atoms with Crippen molar-refractivity contribution in [1.29, 1.82) is 0 Å². The summed E-state index contributed by atoms with van der Waals surface area (Å²) in [6.07, 6.45) is -0.521. The average Bonchev–Trinajstić information content (AvgIpc) is 3.00. The molecular weight excluding hydrogens is 420 g/mol. The average molecular weight is 451 g/mol. The van der Waals surface area contributed by atoms with Crippen molar-refractivity contribution in [3.05, 3.63) is 16.1 Å². The van der Waals surface area contributed by atoms with E-state index in [1.807, 2.05) is 13.8 Å². The van der Waals surface area contributed by atoms with Gasteiger partial charge in [0.15, 0.2) is 5.69 Å². The Balaban J connectivity index is 3.07. The number of amides is 1. The molecule has 0 unspecified atom stereocenters. The van der Waals surface area contributed by atoms with Gasteiger partial charge in [0.1, 0.15) is 16.7 Å². The lowest BCUT2D eigenvalue weighted by Crippen LogP contribution is -2.42. The molecule has 11 heteroatoms. The Morgan fingerprint density at radius 2 is 1.90 bits per heavy atom. The molecule has 0 aliphatic rings. The first-order chi connectivity index (χ1) is 13.2. The maximum atomic E-state index is 12.2. The molecule has 1 rings (SSSR count). The number of nitrogens with zero attached hydrogens (tertiary/aromatic N) is 1. The van der Waals surface area contributed by atoms with Gasteiger partial charge in [-0.05, 0) is 33.6 Å². The Morgan fingerprint density at radius 3 is 2.38 bits per heavy atom. The van der Waals surface area contributed by atoms with Crippen LogP contribution in [0.25, 0.3) is 0 Å². The van der Waals surface area contributed by atoms with Gasteiger partial charge >= 0.3 is 12.1 Å². The number of alkyl carbamates (subject to hydrolysis) is 1. The summed E-state index contributed by atoms with van der Waals surface area (Å²) in [5.41, 5.74) is -0.590. The van der Waals surface area contributed by atoms with E-state index in [1.54, 1.807) is 27.7 Å². The Kier molecular flexibility index (Phi) is 9.04. The van der Waals surface area contributed by atoms with Gasteiger partial charge in [-0.3, -0.25) is 4.18 Å². The molecular formula is C18H30N2O7S2. The molecule has 0 aliphatic heterocycles. The second-order valence-corrected chi connectivity index (χ2v) is 10.3. The standard InChI is InChI=1S/C18H30N2O7S2/c1-8-25-16(21)13-10-28-15(19-13)14(27-29(7,23)24)9-12(11(2)3)20-17(22)26-18(4,5)6/h10-12,14H,8-9H2,1-7H3,(H,20,22)/t12-,14+/m1/s1. The van der Waals surface area contributed by atoms with Gasteiger partial charge in [-0.2, -0.15) is 8.42 Å². The molecule has 9 nitrogen and oxygen atoms in total. The molecule has 0 saturated carbocycles. The summed E-state index contributed by atoms with van der Waals surface area (Å²) in [6.45, 7) is 10.9. The number of rotatable bonds is 9. The summed E-state index contributed by atoms with van der Waals surface area (Å²) in [5.74, 6) is -0.641. The highest BCUT2D eigenvalue weighted by molar-refractivity contribution is 7.86. The fourth-order valence-electron chi connectivity index (χ4n) is 2.31. The Labute approximate surface area is 176 Å². The van der Waals surface area contributed by atoms with Gasteiger partial charge in [0.05, 0.1) is 12.9 Å². The quantitative estimate of drug-likeness (QED) is 0.449. The third-order valence-electron chi connectivity index (χ3n) is 3.55. The summed E-state index contributed by atoms with van der Waals surface area (Å²) in [6, 6.07) is -0.452.